The van der Waals surface area contributed by atoms with E-state index in [9.17, 15) is 9.59 Å². The van der Waals surface area contributed by atoms with Crippen LogP contribution in [-0.2, 0) is 6.54 Å². The van der Waals surface area contributed by atoms with Crippen LogP contribution >= 0.6 is 11.3 Å². The van der Waals surface area contributed by atoms with E-state index in [-0.39, 0.29) is 24.6 Å². The minimum absolute atomic E-state index is 0.235. The minimum Gasteiger partial charge on any atom is -0.349 e. The van der Waals surface area contributed by atoms with Crippen molar-refractivity contribution in [3.63, 3.8) is 0 Å². The number of carbonyl (C=O) groups is 1. The fourth-order valence-electron chi connectivity index (χ4n) is 2.80. The van der Waals surface area contributed by atoms with Gasteiger partial charge in [-0.15, -0.1) is 11.3 Å². The highest BCUT2D eigenvalue weighted by Crippen LogP contribution is 2.23. The molecule has 0 spiro atoms. The van der Waals surface area contributed by atoms with Crippen molar-refractivity contribution in [2.75, 3.05) is 6.54 Å². The van der Waals surface area contributed by atoms with E-state index in [2.05, 4.69) is 20.4 Å². The molecule has 0 unspecified atom stereocenters. The highest BCUT2D eigenvalue weighted by atomic mass is 32.1. The topological polar surface area (TPSA) is 94.7 Å². The number of thiazole rings is 1. The Morgan fingerprint density at radius 3 is 2.76 bits per heavy atom. The van der Waals surface area contributed by atoms with E-state index < -0.39 is 0 Å². The number of aromatic nitrogens is 5. The molecule has 9 heteroatoms. The number of rotatable bonds is 6. The summed E-state index contributed by atoms with van der Waals surface area (Å²) >= 11 is 1.42. The third kappa shape index (κ3) is 4.14. The molecule has 0 saturated carbocycles. The van der Waals surface area contributed by atoms with Gasteiger partial charge in [0.2, 0.25) is 0 Å². The van der Waals surface area contributed by atoms with Crippen LogP contribution in [0.2, 0.25) is 0 Å². The first-order valence-electron chi connectivity index (χ1n) is 8.99. The van der Waals surface area contributed by atoms with Gasteiger partial charge in [-0.25, -0.2) is 14.6 Å². The molecule has 0 fully saturated rings. The lowest BCUT2D eigenvalue weighted by atomic mass is 10.2. The Balaban J connectivity index is 1.40. The Morgan fingerprint density at radius 2 is 2.00 bits per heavy atom. The summed E-state index contributed by atoms with van der Waals surface area (Å²) in [4.78, 5) is 33.0. The van der Waals surface area contributed by atoms with Gasteiger partial charge in [0.1, 0.15) is 16.5 Å². The molecule has 4 rings (SSSR count). The van der Waals surface area contributed by atoms with Crippen molar-refractivity contribution in [2.45, 2.75) is 13.5 Å². The van der Waals surface area contributed by atoms with Crippen LogP contribution in [0.25, 0.3) is 16.4 Å². The summed E-state index contributed by atoms with van der Waals surface area (Å²) in [7, 11) is 0. The molecule has 4 aromatic rings. The van der Waals surface area contributed by atoms with Crippen LogP contribution in [0.15, 0.2) is 65.0 Å². The van der Waals surface area contributed by atoms with E-state index in [1.54, 1.807) is 28.4 Å². The van der Waals surface area contributed by atoms with Crippen molar-refractivity contribution >= 4 is 17.2 Å². The fraction of sp³-hybridized carbons (Fsp3) is 0.150. The lowest BCUT2D eigenvalue weighted by Crippen LogP contribution is -2.32. The Morgan fingerprint density at radius 1 is 1.17 bits per heavy atom. The quantitative estimate of drug-likeness (QED) is 0.530. The maximum absolute atomic E-state index is 12.4. The molecule has 0 aliphatic rings. The predicted molar refractivity (Wildman–Crippen MR) is 110 cm³/mol. The average molecular weight is 406 g/mol. The van der Waals surface area contributed by atoms with Gasteiger partial charge in [0, 0.05) is 35.9 Å². The van der Waals surface area contributed by atoms with Gasteiger partial charge in [-0.2, -0.15) is 5.10 Å². The first kappa shape index (κ1) is 18.8. The molecule has 0 radical (unpaired) electrons. The lowest BCUT2D eigenvalue weighted by molar-refractivity contribution is 0.0947. The zero-order valence-electron chi connectivity index (χ0n) is 15.6. The molecule has 3 aromatic heterocycles. The molecule has 3 heterocycles. The molecule has 1 amide bonds. The van der Waals surface area contributed by atoms with Gasteiger partial charge in [0.05, 0.1) is 6.54 Å². The van der Waals surface area contributed by atoms with Gasteiger partial charge in [0.25, 0.3) is 11.5 Å². The van der Waals surface area contributed by atoms with E-state index >= 15 is 0 Å². The Kier molecular flexibility index (Phi) is 5.30. The molecule has 146 valence electrons. The predicted octanol–water partition coefficient (Wildman–Crippen LogP) is 2.29. The third-order valence-electron chi connectivity index (χ3n) is 4.29. The molecular formula is C20H18N6O2S. The maximum Gasteiger partial charge on any atom is 0.270 e. The number of imidazole rings is 1. The molecule has 1 aromatic carbocycles. The van der Waals surface area contributed by atoms with Gasteiger partial charge in [-0.3, -0.25) is 14.2 Å². The highest BCUT2D eigenvalue weighted by molar-refractivity contribution is 7.13. The van der Waals surface area contributed by atoms with Gasteiger partial charge in [-0.05, 0) is 13.0 Å². The molecule has 29 heavy (non-hydrogen) atoms. The van der Waals surface area contributed by atoms with Gasteiger partial charge in [-0.1, -0.05) is 30.3 Å². The second-order valence-corrected chi connectivity index (χ2v) is 7.12. The zero-order valence-corrected chi connectivity index (χ0v) is 16.5. The average Bonchev–Trinajstić information content (AvgIpc) is 3.39. The number of nitrogens with one attached hydrogen (secondary N) is 1. The molecule has 0 aliphatic carbocycles. The van der Waals surface area contributed by atoms with Crippen LogP contribution in [0.4, 0.5) is 0 Å². The SMILES string of the molecule is Cc1nccn1-c1ccc(=O)n(CCNC(=O)c2csc(-c3ccccc3)n2)n1. The Labute approximate surface area is 170 Å². The molecule has 0 saturated heterocycles. The van der Waals surface area contributed by atoms with Crippen LogP contribution in [-0.4, -0.2) is 36.8 Å². The van der Waals surface area contributed by atoms with Crippen molar-refractivity contribution in [3.05, 3.63) is 82.1 Å². The summed E-state index contributed by atoms with van der Waals surface area (Å²) in [6, 6.07) is 12.8. The Hall–Kier alpha value is -3.59. The first-order valence-corrected chi connectivity index (χ1v) is 9.87. The largest absolute Gasteiger partial charge is 0.349 e. The number of carbonyl (C=O) groups excluding carboxylic acids is 1. The van der Waals surface area contributed by atoms with Gasteiger partial charge < -0.3 is 5.32 Å². The summed E-state index contributed by atoms with van der Waals surface area (Å²) in [5, 5.41) is 9.66. The van der Waals surface area contributed by atoms with Crippen LogP contribution in [0.5, 0.6) is 0 Å². The number of benzene rings is 1. The van der Waals surface area contributed by atoms with E-state index in [0.29, 0.717) is 11.5 Å². The van der Waals surface area contributed by atoms with Crippen LogP contribution in [0.3, 0.4) is 0 Å². The second kappa shape index (κ2) is 8.19. The summed E-state index contributed by atoms with van der Waals surface area (Å²) < 4.78 is 3.11. The van der Waals surface area contributed by atoms with Crippen LogP contribution in [0.1, 0.15) is 16.3 Å². The van der Waals surface area contributed by atoms with Crippen molar-refractivity contribution < 1.29 is 4.79 Å². The lowest BCUT2D eigenvalue weighted by Gasteiger charge is -2.09. The smallest absolute Gasteiger partial charge is 0.270 e. The first-order chi connectivity index (χ1) is 14.1. The Bertz CT molecular complexity index is 1190. The zero-order chi connectivity index (χ0) is 20.2. The highest BCUT2D eigenvalue weighted by Gasteiger charge is 2.12. The number of hydrogen-bond acceptors (Lipinski definition) is 6. The number of amides is 1. The van der Waals surface area contributed by atoms with Gasteiger partial charge >= 0.3 is 0 Å². The standard InChI is InChI=1S/C20H18N6O2S/c1-14-21-9-11-25(14)17-7-8-18(27)26(24-17)12-10-22-19(28)16-13-29-20(23-16)15-5-3-2-4-6-15/h2-9,11,13H,10,12H2,1H3,(H,22,28). The van der Waals surface area contributed by atoms with Crippen molar-refractivity contribution in [1.29, 1.82) is 0 Å². The van der Waals surface area contributed by atoms with Crippen LogP contribution < -0.4 is 10.9 Å². The summed E-state index contributed by atoms with van der Waals surface area (Å²) in [6.07, 6.45) is 3.45. The van der Waals surface area contributed by atoms with Gasteiger partial charge in [0.15, 0.2) is 5.82 Å². The number of aryl methyl sites for hydroxylation is 1. The minimum atomic E-state index is -0.280. The maximum atomic E-state index is 12.4. The monoisotopic (exact) mass is 406 g/mol. The summed E-state index contributed by atoms with van der Waals surface area (Å²) in [5.41, 5.74) is 1.09. The van der Waals surface area contributed by atoms with E-state index in [1.807, 2.05) is 37.3 Å². The molecule has 0 atom stereocenters. The van der Waals surface area contributed by atoms with Crippen molar-refractivity contribution in [1.82, 2.24) is 29.6 Å². The molecular weight excluding hydrogens is 388 g/mol. The second-order valence-electron chi connectivity index (χ2n) is 6.26. The van der Waals surface area contributed by atoms with E-state index in [0.717, 1.165) is 16.4 Å². The van der Waals surface area contributed by atoms with E-state index in [1.165, 1.54) is 22.1 Å². The molecule has 8 nitrogen and oxygen atoms in total. The molecule has 0 aliphatic heterocycles. The number of hydrogen-bond donors (Lipinski definition) is 1. The summed E-state index contributed by atoms with van der Waals surface area (Å²) in [6.45, 7) is 2.37. The molecule has 1 N–H and O–H groups in total. The van der Waals surface area contributed by atoms with Crippen molar-refractivity contribution in [2.24, 2.45) is 0 Å². The van der Waals surface area contributed by atoms with Crippen molar-refractivity contribution in [3.8, 4) is 16.4 Å². The number of nitrogens with zero attached hydrogens (tertiary/aromatic N) is 5. The van der Waals surface area contributed by atoms with Crippen LogP contribution in [0, 0.1) is 6.92 Å². The van der Waals surface area contributed by atoms with E-state index in [4.69, 9.17) is 0 Å². The third-order valence-corrected chi connectivity index (χ3v) is 5.18. The summed E-state index contributed by atoms with van der Waals surface area (Å²) in [5.74, 6) is 1.09. The fourth-order valence-corrected chi connectivity index (χ4v) is 3.61. The normalized spacial score (nSPS) is 10.8. The molecule has 0 bridgehead atoms.